The third-order valence-electron chi connectivity index (χ3n) is 8.99. The fraction of sp³-hybridized carbons (Fsp3) is 0.333. The van der Waals surface area contributed by atoms with Gasteiger partial charge in [-0.2, -0.15) is 0 Å². The molecule has 0 unspecified atom stereocenters. The Bertz CT molecular complexity index is 1490. The van der Waals surface area contributed by atoms with Gasteiger partial charge in [0.15, 0.2) is 4.33 Å². The second-order valence-electron chi connectivity index (χ2n) is 10.5. The highest BCUT2D eigenvalue weighted by Gasteiger charge is 2.83. The number of imide groups is 2. The summed E-state index contributed by atoms with van der Waals surface area (Å²) in [5, 5.41) is 0.144. The van der Waals surface area contributed by atoms with Crippen LogP contribution >= 0.6 is 69.6 Å². The number of anilines is 2. The number of alkyl halides is 4. The molecule has 3 aliphatic carbocycles. The number of rotatable bonds is 2. The summed E-state index contributed by atoms with van der Waals surface area (Å²) in [5.41, 5.74) is 1.30. The number of fused-ring (bicyclic) bond motifs is 7. The molecule has 2 heterocycles. The van der Waals surface area contributed by atoms with Crippen molar-refractivity contribution in [3.05, 3.63) is 69.7 Å². The first-order chi connectivity index (χ1) is 18.4. The molecule has 0 spiro atoms. The molecule has 0 radical (unpaired) electrons. The van der Waals surface area contributed by atoms with E-state index in [-0.39, 0.29) is 34.7 Å². The molecular formula is C27H16Cl6N2O4. The van der Waals surface area contributed by atoms with Crippen LogP contribution in [-0.4, -0.2) is 37.7 Å². The number of nitrogens with zero attached hydrogens (tertiary/aromatic N) is 2. The molecule has 0 aromatic heterocycles. The van der Waals surface area contributed by atoms with Gasteiger partial charge in [0.05, 0.1) is 44.4 Å². The average molecular weight is 645 g/mol. The lowest BCUT2D eigenvalue weighted by molar-refractivity contribution is -0.122. The molecule has 7 rings (SSSR count). The van der Waals surface area contributed by atoms with E-state index in [9.17, 15) is 19.2 Å². The molecule has 200 valence electrons. The molecule has 12 heteroatoms. The van der Waals surface area contributed by atoms with Crippen LogP contribution in [0, 0.1) is 23.7 Å². The molecule has 39 heavy (non-hydrogen) atoms. The van der Waals surface area contributed by atoms with Gasteiger partial charge in [-0.3, -0.25) is 24.1 Å². The van der Waals surface area contributed by atoms with Gasteiger partial charge < -0.3 is 0 Å². The smallest absolute Gasteiger partial charge is 0.266 e. The Kier molecular flexibility index (Phi) is 5.46. The Balaban J connectivity index is 1.18. The van der Waals surface area contributed by atoms with E-state index in [0.717, 1.165) is 9.80 Å². The fourth-order valence-corrected chi connectivity index (χ4v) is 10.3. The number of hydrogen-bond acceptors (Lipinski definition) is 4. The molecule has 4 amide bonds. The maximum Gasteiger partial charge on any atom is 0.266 e. The van der Waals surface area contributed by atoms with Gasteiger partial charge in [-0.1, -0.05) is 58.5 Å². The predicted octanol–water partition coefficient (Wildman–Crippen LogP) is 6.46. The minimum absolute atomic E-state index is 0.0721. The van der Waals surface area contributed by atoms with Crippen molar-refractivity contribution in [3.63, 3.8) is 0 Å². The number of amides is 4. The van der Waals surface area contributed by atoms with Crippen LogP contribution in [0.2, 0.25) is 0 Å². The molecule has 2 bridgehead atoms. The molecule has 2 saturated carbocycles. The van der Waals surface area contributed by atoms with Gasteiger partial charge in [0, 0.05) is 0 Å². The normalized spacial score (nSPS) is 36.2. The molecule has 0 N–H and O–H groups in total. The zero-order chi connectivity index (χ0) is 27.8. The highest BCUT2D eigenvalue weighted by Crippen LogP contribution is 2.79. The van der Waals surface area contributed by atoms with Crippen LogP contribution < -0.4 is 9.80 Å². The first-order valence-corrected chi connectivity index (χ1v) is 14.4. The van der Waals surface area contributed by atoms with Gasteiger partial charge in [-0.15, -0.1) is 23.2 Å². The molecule has 3 fully saturated rings. The van der Waals surface area contributed by atoms with Crippen molar-refractivity contribution < 1.29 is 19.2 Å². The maximum absolute atomic E-state index is 13.6. The van der Waals surface area contributed by atoms with Crippen molar-refractivity contribution >= 4 is 105 Å². The zero-order valence-electron chi connectivity index (χ0n) is 19.6. The van der Waals surface area contributed by atoms with E-state index >= 15 is 0 Å². The van der Waals surface area contributed by atoms with Gasteiger partial charge in [-0.25, -0.2) is 4.90 Å². The fourth-order valence-electron chi connectivity index (χ4n) is 7.15. The predicted molar refractivity (Wildman–Crippen MR) is 150 cm³/mol. The number of halogens is 6. The van der Waals surface area contributed by atoms with E-state index in [1.807, 2.05) is 0 Å². The molecule has 5 aliphatic rings. The number of hydrogen-bond donors (Lipinski definition) is 0. The zero-order valence-corrected chi connectivity index (χ0v) is 24.2. The minimum Gasteiger partial charge on any atom is -0.274 e. The highest BCUT2D eigenvalue weighted by molar-refractivity contribution is 6.65. The largest absolute Gasteiger partial charge is 0.274 e. The number of benzene rings is 2. The Morgan fingerprint density at radius 3 is 1.41 bits per heavy atom. The quantitative estimate of drug-likeness (QED) is 0.278. The van der Waals surface area contributed by atoms with E-state index in [0.29, 0.717) is 22.5 Å². The van der Waals surface area contributed by atoms with Gasteiger partial charge >= 0.3 is 0 Å². The van der Waals surface area contributed by atoms with Crippen molar-refractivity contribution in [2.24, 2.45) is 23.7 Å². The van der Waals surface area contributed by atoms with Crippen LogP contribution in [0.3, 0.4) is 0 Å². The lowest BCUT2D eigenvalue weighted by Gasteiger charge is -2.42. The summed E-state index contributed by atoms with van der Waals surface area (Å²) in [6.07, 6.45) is 0.423. The molecule has 1 saturated heterocycles. The second-order valence-corrected chi connectivity index (χ2v) is 13.8. The lowest BCUT2D eigenvalue weighted by Crippen LogP contribution is -2.44. The monoisotopic (exact) mass is 642 g/mol. The number of allylic oxidation sites excluding steroid dienone is 2. The van der Waals surface area contributed by atoms with E-state index < -0.39 is 49.6 Å². The van der Waals surface area contributed by atoms with Crippen molar-refractivity contribution in [1.82, 2.24) is 0 Å². The molecule has 6 atom stereocenters. The van der Waals surface area contributed by atoms with Crippen molar-refractivity contribution in [1.29, 1.82) is 0 Å². The summed E-state index contributed by atoms with van der Waals surface area (Å²) in [7, 11) is 0. The van der Waals surface area contributed by atoms with Crippen LogP contribution in [0.4, 0.5) is 11.4 Å². The Hall–Kier alpha value is -1.80. The van der Waals surface area contributed by atoms with Crippen LogP contribution in [0.1, 0.15) is 33.6 Å². The van der Waals surface area contributed by atoms with E-state index in [1.165, 1.54) is 12.1 Å². The van der Waals surface area contributed by atoms with E-state index in [4.69, 9.17) is 69.6 Å². The average Bonchev–Trinajstić information content (AvgIpc) is 3.41. The topological polar surface area (TPSA) is 74.8 Å². The third kappa shape index (κ3) is 2.88. The van der Waals surface area contributed by atoms with E-state index in [2.05, 4.69) is 0 Å². The second kappa shape index (κ2) is 8.15. The first-order valence-electron chi connectivity index (χ1n) is 12.1. The van der Waals surface area contributed by atoms with Crippen molar-refractivity contribution in [2.75, 3.05) is 9.80 Å². The van der Waals surface area contributed by atoms with Gasteiger partial charge in [0.25, 0.3) is 11.8 Å². The summed E-state index contributed by atoms with van der Waals surface area (Å²) in [6, 6.07) is 12.7. The molecular weight excluding hydrogens is 629 g/mol. The molecule has 2 aliphatic heterocycles. The van der Waals surface area contributed by atoms with Crippen molar-refractivity contribution in [3.8, 4) is 0 Å². The molecule has 6 nitrogen and oxygen atoms in total. The highest BCUT2D eigenvalue weighted by atomic mass is 35.5. The summed E-state index contributed by atoms with van der Waals surface area (Å²) < 4.78 is -1.73. The Morgan fingerprint density at radius 1 is 0.615 bits per heavy atom. The maximum atomic E-state index is 13.6. The van der Waals surface area contributed by atoms with Gasteiger partial charge in [0.1, 0.15) is 9.75 Å². The summed E-state index contributed by atoms with van der Waals surface area (Å²) in [6.45, 7) is 0. The number of carbonyl (C=O) groups is 4. The number of carbonyl (C=O) groups excluding carboxylic acids is 4. The van der Waals surface area contributed by atoms with Crippen LogP contribution in [-0.2, 0) is 9.59 Å². The van der Waals surface area contributed by atoms with Gasteiger partial charge in [0.2, 0.25) is 11.8 Å². The summed E-state index contributed by atoms with van der Waals surface area (Å²) in [5.74, 6) is -3.93. The van der Waals surface area contributed by atoms with Crippen LogP contribution in [0.15, 0.2) is 58.6 Å². The Labute approximate surface area is 252 Å². The lowest BCUT2D eigenvalue weighted by atomic mass is 9.65. The first kappa shape index (κ1) is 26.1. The SMILES string of the molecule is O=C1c2ccccc2C(=O)N1c1ccc(N2C(=O)[C@H]3C[C@@H]4[C@@H](C[C@H]3C2=O)[C@@]2(Cl)C(Cl)=C(Cl)[C@@]4(Cl)C2(Cl)Cl)cc1. The summed E-state index contributed by atoms with van der Waals surface area (Å²) in [4.78, 5) is 52.1. The third-order valence-corrected chi connectivity index (χ3v) is 13.3. The summed E-state index contributed by atoms with van der Waals surface area (Å²) >= 11 is 40.3. The van der Waals surface area contributed by atoms with Crippen LogP contribution in [0.5, 0.6) is 0 Å². The minimum atomic E-state index is -1.73. The standard InChI is InChI=1S/C27H16Cl6N2O4/c28-19-20(29)26(31)18-10-16-15(9-17(18)25(19,30)27(26,32)33)23(38)35(24(16)39)12-7-5-11(6-8-12)34-21(36)13-3-1-2-4-14(13)22(34)37/h1-8,15-18H,9-10H2/t15-,16+,17-,18-,25-,26-/m1/s1. The van der Waals surface area contributed by atoms with Gasteiger partial charge in [-0.05, 0) is 61.1 Å². The Morgan fingerprint density at radius 2 is 1.00 bits per heavy atom. The van der Waals surface area contributed by atoms with Crippen LogP contribution in [0.25, 0.3) is 0 Å². The molecule has 2 aromatic rings. The van der Waals surface area contributed by atoms with E-state index in [1.54, 1.807) is 36.4 Å². The van der Waals surface area contributed by atoms with Crippen molar-refractivity contribution in [2.45, 2.75) is 26.9 Å². The molecule has 2 aromatic carbocycles.